The van der Waals surface area contributed by atoms with Gasteiger partial charge in [-0.2, -0.15) is 0 Å². The highest BCUT2D eigenvalue weighted by Gasteiger charge is 2.51. The molecule has 0 saturated carbocycles. The number of halogens is 1. The van der Waals surface area contributed by atoms with Crippen molar-refractivity contribution in [3.05, 3.63) is 41.7 Å². The predicted octanol–water partition coefficient (Wildman–Crippen LogP) is 3.39. The van der Waals surface area contributed by atoms with E-state index in [9.17, 15) is 12.8 Å². The fraction of sp³-hybridized carbons (Fsp3) is 0.409. The van der Waals surface area contributed by atoms with Crippen LogP contribution in [0, 0.1) is 12.7 Å². The van der Waals surface area contributed by atoms with E-state index < -0.39 is 34.0 Å². The third-order valence-electron chi connectivity index (χ3n) is 6.31. The van der Waals surface area contributed by atoms with Crippen molar-refractivity contribution in [2.24, 2.45) is 7.05 Å². The van der Waals surface area contributed by atoms with Crippen LogP contribution < -0.4 is 5.46 Å². The van der Waals surface area contributed by atoms with Gasteiger partial charge in [0, 0.05) is 18.9 Å². The fourth-order valence-corrected chi connectivity index (χ4v) is 4.53. The molecule has 0 bridgehead atoms. The maximum atomic E-state index is 14.5. The van der Waals surface area contributed by atoms with Crippen molar-refractivity contribution < 1.29 is 22.1 Å². The van der Waals surface area contributed by atoms with E-state index >= 15 is 0 Å². The Balaban J connectivity index is 1.80. The number of aromatic nitrogens is 2. The van der Waals surface area contributed by atoms with Crippen LogP contribution in [0.1, 0.15) is 33.3 Å². The molecule has 1 aliphatic rings. The van der Waals surface area contributed by atoms with Crippen LogP contribution >= 0.6 is 0 Å². The van der Waals surface area contributed by atoms with E-state index in [1.54, 1.807) is 6.07 Å². The number of sulfone groups is 1. The van der Waals surface area contributed by atoms with Gasteiger partial charge in [-0.3, -0.25) is 0 Å². The molecule has 1 aliphatic heterocycles. The molecular weight excluding hydrogens is 418 g/mol. The number of hydrogen-bond donors (Lipinski definition) is 0. The quantitative estimate of drug-likeness (QED) is 0.580. The number of nitrogens with zero attached hydrogens (tertiary/aromatic N) is 2. The van der Waals surface area contributed by atoms with Crippen molar-refractivity contribution in [1.29, 1.82) is 0 Å². The van der Waals surface area contributed by atoms with Crippen LogP contribution in [-0.2, 0) is 26.2 Å². The molecule has 3 aromatic rings. The molecule has 0 radical (unpaired) electrons. The standard InChI is InChI=1S/C22H26BFN2O4S/c1-13-10-15(23-29-21(2,3)22(4,5)30-23)12-17-19(13)25-20(26(17)6)14-8-9-18(16(24)11-14)31(7,27)28/h8-12H,1-7H3. The summed E-state index contributed by atoms with van der Waals surface area (Å²) in [7, 11) is -2.29. The highest BCUT2D eigenvalue weighted by Crippen LogP contribution is 2.37. The maximum absolute atomic E-state index is 14.5. The second kappa shape index (κ2) is 6.89. The highest BCUT2D eigenvalue weighted by molar-refractivity contribution is 7.90. The molecule has 0 atom stereocenters. The zero-order valence-electron chi connectivity index (χ0n) is 18.8. The van der Waals surface area contributed by atoms with Gasteiger partial charge in [0.15, 0.2) is 9.84 Å². The average Bonchev–Trinajstić information content (AvgIpc) is 3.07. The second-order valence-corrected chi connectivity index (χ2v) is 11.2. The highest BCUT2D eigenvalue weighted by atomic mass is 32.2. The number of rotatable bonds is 3. The molecule has 2 aromatic carbocycles. The molecule has 6 nitrogen and oxygen atoms in total. The van der Waals surface area contributed by atoms with Crippen LogP contribution in [0.3, 0.4) is 0 Å². The van der Waals surface area contributed by atoms with E-state index in [2.05, 4.69) is 0 Å². The molecule has 0 aliphatic carbocycles. The molecule has 1 aromatic heterocycles. The third-order valence-corrected chi connectivity index (χ3v) is 7.44. The van der Waals surface area contributed by atoms with Crippen LogP contribution in [0.4, 0.5) is 4.39 Å². The molecule has 0 unspecified atom stereocenters. The summed E-state index contributed by atoms with van der Waals surface area (Å²) in [6, 6.07) is 8.03. The minimum Gasteiger partial charge on any atom is -0.399 e. The smallest absolute Gasteiger partial charge is 0.399 e. The molecule has 0 N–H and O–H groups in total. The van der Waals surface area contributed by atoms with Gasteiger partial charge in [-0.05, 0) is 69.9 Å². The van der Waals surface area contributed by atoms with Crippen LogP contribution in [-0.4, -0.2) is 42.5 Å². The number of aryl methyl sites for hydroxylation is 2. The second-order valence-electron chi connectivity index (χ2n) is 9.21. The van der Waals surface area contributed by atoms with Crippen LogP contribution in [0.25, 0.3) is 22.4 Å². The van der Waals surface area contributed by atoms with Gasteiger partial charge in [0.25, 0.3) is 0 Å². The Labute approximate surface area is 182 Å². The number of hydrogen-bond acceptors (Lipinski definition) is 5. The fourth-order valence-electron chi connectivity index (χ4n) is 3.80. The summed E-state index contributed by atoms with van der Waals surface area (Å²) < 4.78 is 52.2. The largest absolute Gasteiger partial charge is 0.494 e. The molecule has 2 heterocycles. The molecule has 9 heteroatoms. The van der Waals surface area contributed by atoms with Crippen LogP contribution in [0.2, 0.25) is 0 Å². The van der Waals surface area contributed by atoms with E-state index in [-0.39, 0.29) is 4.90 Å². The van der Waals surface area contributed by atoms with Crippen molar-refractivity contribution in [3.8, 4) is 11.4 Å². The van der Waals surface area contributed by atoms with E-state index in [0.717, 1.165) is 28.3 Å². The summed E-state index contributed by atoms with van der Waals surface area (Å²) in [5.41, 5.74) is 3.07. The summed E-state index contributed by atoms with van der Waals surface area (Å²) in [4.78, 5) is 4.38. The van der Waals surface area contributed by atoms with Crippen LogP contribution in [0.15, 0.2) is 35.2 Å². The Morgan fingerprint density at radius 3 is 2.23 bits per heavy atom. The lowest BCUT2D eigenvalue weighted by molar-refractivity contribution is 0.00578. The summed E-state index contributed by atoms with van der Waals surface area (Å²) >= 11 is 0. The number of benzene rings is 2. The van der Waals surface area contributed by atoms with Gasteiger partial charge in [0.1, 0.15) is 16.5 Å². The van der Waals surface area contributed by atoms with Crippen LogP contribution in [0.5, 0.6) is 0 Å². The van der Waals surface area contributed by atoms with E-state index in [4.69, 9.17) is 14.3 Å². The molecule has 1 saturated heterocycles. The van der Waals surface area contributed by atoms with Gasteiger partial charge in [0.05, 0.1) is 22.2 Å². The minimum absolute atomic E-state index is 0.325. The normalized spacial score (nSPS) is 18.1. The van der Waals surface area contributed by atoms with Crippen molar-refractivity contribution >= 4 is 33.5 Å². The summed E-state index contributed by atoms with van der Waals surface area (Å²) in [6.45, 7) is 10.00. The molecule has 0 spiro atoms. The van der Waals surface area contributed by atoms with Crippen molar-refractivity contribution in [2.45, 2.75) is 50.7 Å². The van der Waals surface area contributed by atoms with Gasteiger partial charge in [-0.25, -0.2) is 17.8 Å². The first-order valence-corrected chi connectivity index (χ1v) is 11.9. The Morgan fingerprint density at radius 1 is 1.06 bits per heavy atom. The lowest BCUT2D eigenvalue weighted by Crippen LogP contribution is -2.41. The van der Waals surface area contributed by atoms with E-state index in [0.29, 0.717) is 11.4 Å². The molecule has 0 amide bonds. The summed E-state index contributed by atoms with van der Waals surface area (Å²) in [5, 5.41) is 0. The van der Waals surface area contributed by atoms with Gasteiger partial charge in [0.2, 0.25) is 0 Å². The van der Waals surface area contributed by atoms with Crippen molar-refractivity contribution in [3.63, 3.8) is 0 Å². The third kappa shape index (κ3) is 3.58. The topological polar surface area (TPSA) is 70.4 Å². The Bertz CT molecular complexity index is 1300. The van der Waals surface area contributed by atoms with E-state index in [1.165, 1.54) is 12.1 Å². The van der Waals surface area contributed by atoms with Gasteiger partial charge in [-0.1, -0.05) is 6.07 Å². The summed E-state index contributed by atoms with van der Waals surface area (Å²) in [6.07, 6.45) is 0.987. The van der Waals surface area contributed by atoms with Crippen molar-refractivity contribution in [1.82, 2.24) is 9.55 Å². The molecular formula is C22H26BFN2O4S. The zero-order chi connectivity index (χ0) is 22.9. The molecule has 1 fully saturated rings. The monoisotopic (exact) mass is 444 g/mol. The minimum atomic E-state index is -3.64. The van der Waals surface area contributed by atoms with Crippen molar-refractivity contribution in [2.75, 3.05) is 6.26 Å². The average molecular weight is 444 g/mol. The SMILES string of the molecule is Cc1cc(B2OC(C)(C)C(C)(C)O2)cc2c1nc(-c1ccc(S(C)(=O)=O)c(F)c1)n2C. The Hall–Kier alpha value is -2.23. The lowest BCUT2D eigenvalue weighted by Gasteiger charge is -2.32. The Morgan fingerprint density at radius 2 is 1.68 bits per heavy atom. The summed E-state index contributed by atoms with van der Waals surface area (Å²) in [5.74, 6) is -0.246. The maximum Gasteiger partial charge on any atom is 0.494 e. The molecule has 164 valence electrons. The van der Waals surface area contributed by atoms with E-state index in [1.807, 2.05) is 58.4 Å². The predicted molar refractivity (Wildman–Crippen MR) is 120 cm³/mol. The Kier molecular flexibility index (Phi) is 4.88. The first kappa shape index (κ1) is 22.0. The number of imidazole rings is 1. The number of fused-ring (bicyclic) bond motifs is 1. The van der Waals surface area contributed by atoms with Gasteiger partial charge >= 0.3 is 7.12 Å². The van der Waals surface area contributed by atoms with Gasteiger partial charge < -0.3 is 13.9 Å². The molecule has 31 heavy (non-hydrogen) atoms. The first-order valence-electron chi connectivity index (χ1n) is 10.0. The zero-order valence-corrected chi connectivity index (χ0v) is 19.6. The van der Waals surface area contributed by atoms with Gasteiger partial charge in [-0.15, -0.1) is 0 Å². The first-order chi connectivity index (χ1) is 14.2. The molecule has 4 rings (SSSR count). The lowest BCUT2D eigenvalue weighted by atomic mass is 9.78.